The smallest absolute Gasteiger partial charge is 0.334 e. The summed E-state index contributed by atoms with van der Waals surface area (Å²) in [6.45, 7) is 0.425. The van der Waals surface area contributed by atoms with Crippen LogP contribution in [0.5, 0.6) is 0 Å². The van der Waals surface area contributed by atoms with Gasteiger partial charge in [0.15, 0.2) is 0 Å². The van der Waals surface area contributed by atoms with Gasteiger partial charge >= 0.3 is 6.18 Å². The molecule has 1 aromatic rings. The molecular formula is C19H17F3N2O3. The van der Waals surface area contributed by atoms with Crippen molar-refractivity contribution in [3.8, 4) is 0 Å². The second-order valence-electron chi connectivity index (χ2n) is 7.14. The zero-order valence-corrected chi connectivity index (χ0v) is 14.3. The van der Waals surface area contributed by atoms with Crippen LogP contribution in [-0.4, -0.2) is 46.7 Å². The molecule has 2 unspecified atom stereocenters. The first kappa shape index (κ1) is 17.8. The van der Waals surface area contributed by atoms with E-state index in [4.69, 9.17) is 0 Å². The second-order valence-corrected chi connectivity index (χ2v) is 7.14. The molecule has 0 saturated carbocycles. The first-order valence-electron chi connectivity index (χ1n) is 8.76. The highest BCUT2D eigenvalue weighted by Crippen LogP contribution is 2.37. The summed E-state index contributed by atoms with van der Waals surface area (Å²) >= 11 is 0. The van der Waals surface area contributed by atoms with Crippen molar-refractivity contribution in [2.75, 3.05) is 13.1 Å². The normalized spacial score (nSPS) is 25.6. The van der Waals surface area contributed by atoms with Gasteiger partial charge in [-0.1, -0.05) is 12.2 Å². The number of fused-ring (bicyclic) bond motifs is 1. The van der Waals surface area contributed by atoms with Gasteiger partial charge in [0.1, 0.15) is 0 Å². The Balaban J connectivity index is 1.40. The molecule has 4 rings (SSSR count). The number of carbonyl (C=O) groups excluding carboxylic acids is 3. The minimum absolute atomic E-state index is 0.151. The van der Waals surface area contributed by atoms with E-state index in [1.165, 1.54) is 9.80 Å². The third kappa shape index (κ3) is 2.93. The number of alkyl halides is 3. The van der Waals surface area contributed by atoms with Crippen LogP contribution < -0.4 is 0 Å². The lowest BCUT2D eigenvalue weighted by Gasteiger charge is -2.43. The maximum absolute atomic E-state index is 12.6. The Morgan fingerprint density at radius 3 is 1.93 bits per heavy atom. The third-order valence-electron chi connectivity index (χ3n) is 5.52. The Kier molecular flexibility index (Phi) is 4.09. The number of halogens is 3. The van der Waals surface area contributed by atoms with Crippen molar-refractivity contribution in [3.63, 3.8) is 0 Å². The Morgan fingerprint density at radius 1 is 0.926 bits per heavy atom. The van der Waals surface area contributed by atoms with Gasteiger partial charge in [-0.05, 0) is 37.1 Å². The number of benzene rings is 1. The number of likely N-dealkylation sites (tertiary alicyclic amines) is 2. The number of amides is 3. The van der Waals surface area contributed by atoms with Crippen LogP contribution in [0.1, 0.15) is 28.8 Å². The fourth-order valence-electron chi connectivity index (χ4n) is 3.95. The minimum Gasteiger partial charge on any atom is -0.334 e. The van der Waals surface area contributed by atoms with Gasteiger partial charge in [-0.3, -0.25) is 19.3 Å². The number of carbonyl (C=O) groups is 3. The van der Waals surface area contributed by atoms with E-state index in [-0.39, 0.29) is 48.3 Å². The van der Waals surface area contributed by atoms with Gasteiger partial charge in [-0.15, -0.1) is 0 Å². The van der Waals surface area contributed by atoms with Crippen LogP contribution in [0, 0.1) is 11.8 Å². The fourth-order valence-corrected chi connectivity index (χ4v) is 3.95. The quantitative estimate of drug-likeness (QED) is 0.587. The molecular weight excluding hydrogens is 361 g/mol. The molecule has 0 radical (unpaired) electrons. The van der Waals surface area contributed by atoms with E-state index in [1.807, 2.05) is 12.2 Å². The van der Waals surface area contributed by atoms with Crippen molar-refractivity contribution in [3.05, 3.63) is 47.5 Å². The Labute approximate surface area is 153 Å². The lowest BCUT2D eigenvalue weighted by molar-refractivity contribution is -0.146. The zero-order chi connectivity index (χ0) is 19.3. The monoisotopic (exact) mass is 378 g/mol. The van der Waals surface area contributed by atoms with Crippen LogP contribution in [-0.2, 0) is 15.8 Å². The van der Waals surface area contributed by atoms with Crippen LogP contribution in [0.15, 0.2) is 36.4 Å². The Bertz CT molecular complexity index is 800. The van der Waals surface area contributed by atoms with Crippen molar-refractivity contribution in [2.24, 2.45) is 11.8 Å². The summed E-state index contributed by atoms with van der Waals surface area (Å²) in [5, 5.41) is 0. The Morgan fingerprint density at radius 2 is 1.44 bits per heavy atom. The van der Waals surface area contributed by atoms with E-state index in [2.05, 4.69) is 0 Å². The first-order chi connectivity index (χ1) is 12.8. The van der Waals surface area contributed by atoms with Crippen molar-refractivity contribution >= 4 is 17.7 Å². The standard InChI is InChI=1S/C19H17F3N2O3/c20-19(21,22)12-7-5-11(6-8-12)16(25)23-9-13(10-23)24-17(26)14-3-1-2-4-15(14)18(24)27/h1-2,5-8,13-15H,3-4,9-10H2. The van der Waals surface area contributed by atoms with Crippen molar-refractivity contribution < 1.29 is 27.6 Å². The number of rotatable bonds is 2. The van der Waals surface area contributed by atoms with E-state index in [1.54, 1.807) is 0 Å². The van der Waals surface area contributed by atoms with Crippen LogP contribution in [0.4, 0.5) is 13.2 Å². The molecule has 3 aliphatic rings. The number of nitrogens with zero attached hydrogens (tertiary/aromatic N) is 2. The van der Waals surface area contributed by atoms with Gasteiger partial charge in [-0.2, -0.15) is 13.2 Å². The predicted molar refractivity (Wildman–Crippen MR) is 88.3 cm³/mol. The van der Waals surface area contributed by atoms with Crippen LogP contribution >= 0.6 is 0 Å². The van der Waals surface area contributed by atoms with E-state index < -0.39 is 17.6 Å². The summed E-state index contributed by atoms with van der Waals surface area (Å²) < 4.78 is 37.8. The number of allylic oxidation sites excluding steroid dienone is 2. The maximum Gasteiger partial charge on any atom is 0.416 e. The fraction of sp³-hybridized carbons (Fsp3) is 0.421. The zero-order valence-electron chi connectivity index (χ0n) is 14.3. The molecule has 3 amide bonds. The van der Waals surface area contributed by atoms with Gasteiger partial charge in [0.2, 0.25) is 11.8 Å². The highest BCUT2D eigenvalue weighted by Gasteiger charge is 2.52. The van der Waals surface area contributed by atoms with Gasteiger partial charge in [0.25, 0.3) is 5.91 Å². The molecule has 0 N–H and O–H groups in total. The third-order valence-corrected chi connectivity index (χ3v) is 5.52. The summed E-state index contributed by atoms with van der Waals surface area (Å²) in [6, 6.07) is 3.68. The molecule has 1 aliphatic carbocycles. The molecule has 1 aromatic carbocycles. The molecule has 2 aliphatic heterocycles. The van der Waals surface area contributed by atoms with Gasteiger partial charge in [-0.25, -0.2) is 0 Å². The number of imide groups is 1. The predicted octanol–water partition coefficient (Wildman–Crippen LogP) is 2.48. The van der Waals surface area contributed by atoms with Crippen molar-refractivity contribution in [2.45, 2.75) is 25.1 Å². The molecule has 27 heavy (non-hydrogen) atoms. The largest absolute Gasteiger partial charge is 0.416 e. The van der Waals surface area contributed by atoms with Gasteiger partial charge in [0, 0.05) is 18.7 Å². The van der Waals surface area contributed by atoms with Crippen LogP contribution in [0.3, 0.4) is 0 Å². The van der Waals surface area contributed by atoms with E-state index in [0.29, 0.717) is 12.8 Å². The minimum atomic E-state index is -4.45. The molecule has 0 aromatic heterocycles. The van der Waals surface area contributed by atoms with E-state index >= 15 is 0 Å². The summed E-state index contributed by atoms with van der Waals surface area (Å²) in [7, 11) is 0. The van der Waals surface area contributed by atoms with Crippen molar-refractivity contribution in [1.82, 2.24) is 9.80 Å². The topological polar surface area (TPSA) is 57.7 Å². The highest BCUT2D eigenvalue weighted by molar-refractivity contribution is 6.06. The summed E-state index contributed by atoms with van der Waals surface area (Å²) in [5.74, 6) is -1.37. The average molecular weight is 378 g/mol. The lowest BCUT2D eigenvalue weighted by Crippen LogP contribution is -2.62. The summed E-state index contributed by atoms with van der Waals surface area (Å²) in [5.41, 5.74) is -0.664. The molecule has 2 saturated heterocycles. The highest BCUT2D eigenvalue weighted by atomic mass is 19.4. The number of hydrogen-bond acceptors (Lipinski definition) is 3. The first-order valence-corrected chi connectivity index (χ1v) is 8.76. The molecule has 0 bridgehead atoms. The van der Waals surface area contributed by atoms with E-state index in [0.717, 1.165) is 24.3 Å². The maximum atomic E-state index is 12.6. The average Bonchev–Trinajstić information content (AvgIpc) is 2.85. The lowest BCUT2D eigenvalue weighted by atomic mass is 9.85. The summed E-state index contributed by atoms with van der Waals surface area (Å²) in [6.07, 6.45) is 0.499. The molecule has 0 spiro atoms. The summed E-state index contributed by atoms with van der Waals surface area (Å²) in [4.78, 5) is 40.2. The van der Waals surface area contributed by atoms with Gasteiger partial charge in [0.05, 0.1) is 23.4 Å². The molecule has 2 atom stereocenters. The molecule has 5 nitrogen and oxygen atoms in total. The molecule has 8 heteroatoms. The van der Waals surface area contributed by atoms with Crippen LogP contribution in [0.25, 0.3) is 0 Å². The second kappa shape index (κ2) is 6.21. The number of hydrogen-bond donors (Lipinski definition) is 0. The van der Waals surface area contributed by atoms with Gasteiger partial charge < -0.3 is 4.90 Å². The Hall–Kier alpha value is -2.64. The van der Waals surface area contributed by atoms with Crippen LogP contribution in [0.2, 0.25) is 0 Å². The van der Waals surface area contributed by atoms with Crippen molar-refractivity contribution in [1.29, 1.82) is 0 Å². The molecule has 2 fully saturated rings. The molecule has 142 valence electrons. The SMILES string of the molecule is O=C(c1ccc(C(F)(F)F)cc1)N1CC(N2C(=O)C3CC=CCC3C2=O)C1. The molecule has 2 heterocycles. The van der Waals surface area contributed by atoms with E-state index in [9.17, 15) is 27.6 Å².